The first-order chi connectivity index (χ1) is 18.9. The van der Waals surface area contributed by atoms with Gasteiger partial charge in [0, 0.05) is 55.7 Å². The van der Waals surface area contributed by atoms with E-state index >= 15 is 0 Å². The molecule has 1 fully saturated rings. The molecule has 0 spiro atoms. The van der Waals surface area contributed by atoms with Gasteiger partial charge in [-0.25, -0.2) is 4.98 Å². The van der Waals surface area contributed by atoms with Crippen molar-refractivity contribution in [1.82, 2.24) is 14.8 Å². The van der Waals surface area contributed by atoms with Crippen LogP contribution in [0.5, 0.6) is 5.75 Å². The molecule has 4 rings (SSSR count). The van der Waals surface area contributed by atoms with Crippen LogP contribution in [0.4, 0.5) is 0 Å². The molecule has 40 heavy (non-hydrogen) atoms. The SMILES string of the molecule is C=CCN1C[C@H](C)N([C@H](c2ccc(-c3nc(CCO)cs3)cc2)c2cccc(O[Si](C)(C)C(C)(C)C)c2)C[C@H]1C. The number of benzene rings is 2. The van der Waals surface area contributed by atoms with Gasteiger partial charge in [0.05, 0.1) is 11.7 Å². The molecular weight excluding hydrogens is 531 g/mol. The zero-order valence-corrected chi connectivity index (χ0v) is 27.2. The number of nitrogens with zero attached hydrogens (tertiary/aromatic N) is 3. The number of piperazine rings is 1. The Morgan fingerprint density at radius 3 is 2.48 bits per heavy atom. The molecule has 1 N–H and O–H groups in total. The number of hydrogen-bond donors (Lipinski definition) is 1. The molecule has 7 heteroatoms. The molecule has 0 bridgehead atoms. The summed E-state index contributed by atoms with van der Waals surface area (Å²) in [4.78, 5) is 9.91. The molecule has 0 radical (unpaired) electrons. The topological polar surface area (TPSA) is 48.8 Å². The molecule has 1 aromatic heterocycles. The first-order valence-corrected chi connectivity index (χ1v) is 18.3. The molecule has 0 amide bonds. The maximum atomic E-state index is 9.28. The highest BCUT2D eigenvalue weighted by molar-refractivity contribution is 7.13. The maximum absolute atomic E-state index is 9.28. The second-order valence-corrected chi connectivity index (χ2v) is 18.3. The van der Waals surface area contributed by atoms with Gasteiger partial charge in [-0.05, 0) is 55.2 Å². The van der Waals surface area contributed by atoms with Gasteiger partial charge >= 0.3 is 0 Å². The second-order valence-electron chi connectivity index (χ2n) is 12.7. The molecule has 3 atom stereocenters. The predicted octanol–water partition coefficient (Wildman–Crippen LogP) is 7.40. The van der Waals surface area contributed by atoms with Crippen molar-refractivity contribution < 1.29 is 9.53 Å². The highest BCUT2D eigenvalue weighted by atomic mass is 32.1. The molecule has 3 aromatic rings. The standard InChI is InChI=1S/C33H47N3O2SSi/c1-9-18-35-21-25(3)36(22-24(35)2)31(28-11-10-12-30(20-28)38-40(7,8)33(4,5)6)26-13-15-27(16-14-26)32-34-29(17-19-37)23-39-32/h9-16,20,23-25,31,37H,1,17-19,21-22H2,2-8H3/t24-,25+,31-/m1/s1. The van der Waals surface area contributed by atoms with Crippen molar-refractivity contribution in [2.45, 2.75) is 77.3 Å². The van der Waals surface area contributed by atoms with Crippen LogP contribution in [0.1, 0.15) is 57.5 Å². The van der Waals surface area contributed by atoms with E-state index in [1.807, 2.05) is 11.5 Å². The third-order valence-electron chi connectivity index (χ3n) is 8.60. The summed E-state index contributed by atoms with van der Waals surface area (Å²) in [6.45, 7) is 23.2. The van der Waals surface area contributed by atoms with Crippen LogP contribution in [0.25, 0.3) is 10.6 Å². The van der Waals surface area contributed by atoms with E-state index in [-0.39, 0.29) is 17.7 Å². The Kier molecular flexibility index (Phi) is 9.73. The molecule has 0 unspecified atom stereocenters. The number of aromatic nitrogens is 1. The van der Waals surface area contributed by atoms with Crippen molar-refractivity contribution in [3.63, 3.8) is 0 Å². The molecule has 216 valence electrons. The van der Waals surface area contributed by atoms with E-state index in [0.29, 0.717) is 18.5 Å². The summed E-state index contributed by atoms with van der Waals surface area (Å²) in [6, 6.07) is 18.6. The van der Waals surface area contributed by atoms with Crippen molar-refractivity contribution in [1.29, 1.82) is 0 Å². The van der Waals surface area contributed by atoms with Crippen molar-refractivity contribution in [2.24, 2.45) is 0 Å². The minimum absolute atomic E-state index is 0.113. The first-order valence-electron chi connectivity index (χ1n) is 14.5. The Hall–Kier alpha value is -2.29. The third kappa shape index (κ3) is 6.94. The zero-order valence-electron chi connectivity index (χ0n) is 25.4. The Balaban J connectivity index is 1.71. The maximum Gasteiger partial charge on any atom is 0.250 e. The number of hydrogen-bond acceptors (Lipinski definition) is 6. The van der Waals surface area contributed by atoms with Crippen molar-refractivity contribution in [3.05, 3.63) is 83.4 Å². The summed E-state index contributed by atoms with van der Waals surface area (Å²) in [5.74, 6) is 0.968. The number of thiazole rings is 1. The van der Waals surface area contributed by atoms with Gasteiger partial charge in [0.25, 0.3) is 0 Å². The first kappa shape index (κ1) is 30.7. The Bertz CT molecular complexity index is 1270. The molecule has 1 saturated heterocycles. The fourth-order valence-corrected chi connectivity index (χ4v) is 7.14. The highest BCUT2D eigenvalue weighted by Gasteiger charge is 2.39. The van der Waals surface area contributed by atoms with Gasteiger partial charge in [0.1, 0.15) is 10.8 Å². The van der Waals surface area contributed by atoms with Crippen LogP contribution in [0.15, 0.2) is 66.6 Å². The van der Waals surface area contributed by atoms with E-state index in [9.17, 15) is 5.11 Å². The average Bonchev–Trinajstić information content (AvgIpc) is 3.36. The van der Waals surface area contributed by atoms with Crippen LogP contribution in [0, 0.1) is 0 Å². The lowest BCUT2D eigenvalue weighted by atomic mass is 9.93. The molecular formula is C33H47N3O2SSi. The van der Waals surface area contributed by atoms with Crippen LogP contribution in [0.3, 0.4) is 0 Å². The van der Waals surface area contributed by atoms with Crippen LogP contribution >= 0.6 is 11.3 Å². The summed E-state index contributed by atoms with van der Waals surface area (Å²) in [5.41, 5.74) is 4.60. The Morgan fingerprint density at radius 1 is 1.10 bits per heavy atom. The zero-order chi connectivity index (χ0) is 29.1. The fourth-order valence-electron chi connectivity index (χ4n) is 5.25. The van der Waals surface area contributed by atoms with E-state index in [1.54, 1.807) is 11.3 Å². The summed E-state index contributed by atoms with van der Waals surface area (Å²) in [7, 11) is -1.97. The molecule has 1 aliphatic rings. The van der Waals surface area contributed by atoms with Gasteiger partial charge in [-0.2, -0.15) is 0 Å². The number of aliphatic hydroxyl groups excluding tert-OH is 1. The van der Waals surface area contributed by atoms with E-state index in [4.69, 9.17) is 9.41 Å². The van der Waals surface area contributed by atoms with Gasteiger partial charge in [0.2, 0.25) is 8.32 Å². The summed E-state index contributed by atoms with van der Waals surface area (Å²) < 4.78 is 6.75. The summed E-state index contributed by atoms with van der Waals surface area (Å²) >= 11 is 1.64. The molecule has 0 aliphatic carbocycles. The van der Waals surface area contributed by atoms with Crippen molar-refractivity contribution in [3.8, 4) is 16.3 Å². The van der Waals surface area contributed by atoms with Gasteiger partial charge in [-0.15, -0.1) is 17.9 Å². The van der Waals surface area contributed by atoms with Crippen molar-refractivity contribution >= 4 is 19.7 Å². The van der Waals surface area contributed by atoms with Gasteiger partial charge in [-0.1, -0.05) is 63.2 Å². The van der Waals surface area contributed by atoms with E-state index in [1.165, 1.54) is 11.1 Å². The Labute approximate surface area is 246 Å². The van der Waals surface area contributed by atoms with E-state index in [0.717, 1.165) is 41.6 Å². The van der Waals surface area contributed by atoms with Gasteiger partial charge < -0.3 is 9.53 Å². The fraction of sp³-hybridized carbons (Fsp3) is 0.485. The lowest BCUT2D eigenvalue weighted by Crippen LogP contribution is -2.57. The van der Waals surface area contributed by atoms with Crippen LogP contribution in [0.2, 0.25) is 18.1 Å². The van der Waals surface area contributed by atoms with Crippen molar-refractivity contribution in [2.75, 3.05) is 26.2 Å². The number of aliphatic hydroxyl groups is 1. The monoisotopic (exact) mass is 577 g/mol. The third-order valence-corrected chi connectivity index (χ3v) is 13.9. The van der Waals surface area contributed by atoms with E-state index < -0.39 is 8.32 Å². The smallest absolute Gasteiger partial charge is 0.250 e. The minimum atomic E-state index is -1.97. The molecule has 2 aromatic carbocycles. The molecule has 0 saturated carbocycles. The normalized spacial score (nSPS) is 19.9. The quantitative estimate of drug-likeness (QED) is 0.201. The van der Waals surface area contributed by atoms with Crippen LogP contribution < -0.4 is 4.43 Å². The highest BCUT2D eigenvalue weighted by Crippen LogP contribution is 2.40. The summed E-state index contributed by atoms with van der Waals surface area (Å²) in [6.07, 6.45) is 2.61. The second kappa shape index (κ2) is 12.7. The average molecular weight is 578 g/mol. The molecule has 5 nitrogen and oxygen atoms in total. The lowest BCUT2D eigenvalue weighted by molar-refractivity contribution is 0.0306. The van der Waals surface area contributed by atoms with E-state index in [2.05, 4.69) is 113 Å². The number of rotatable bonds is 10. The van der Waals surface area contributed by atoms with Gasteiger partial charge in [0.15, 0.2) is 0 Å². The largest absolute Gasteiger partial charge is 0.543 e. The molecule has 1 aliphatic heterocycles. The predicted molar refractivity (Wildman–Crippen MR) is 172 cm³/mol. The minimum Gasteiger partial charge on any atom is -0.543 e. The Morgan fingerprint density at radius 2 is 1.82 bits per heavy atom. The summed E-state index contributed by atoms with van der Waals surface area (Å²) in [5, 5.41) is 12.5. The molecule has 2 heterocycles. The van der Waals surface area contributed by atoms with Crippen LogP contribution in [-0.4, -0.2) is 66.5 Å². The van der Waals surface area contributed by atoms with Gasteiger partial charge in [-0.3, -0.25) is 9.80 Å². The van der Waals surface area contributed by atoms with Crippen LogP contribution in [-0.2, 0) is 6.42 Å². The lowest BCUT2D eigenvalue weighted by Gasteiger charge is -2.47.